The van der Waals surface area contributed by atoms with Crippen LogP contribution in [0.1, 0.15) is 1.37 Å². The molecule has 0 aliphatic carbocycles. The SMILES string of the molecule is [3H]C(O)(C=O)COP(=O)(O)O. The summed E-state index contributed by atoms with van der Waals surface area (Å²) in [6, 6.07) is 0. The first-order valence-electron chi connectivity index (χ1n) is 2.66. The van der Waals surface area contributed by atoms with Crippen molar-refractivity contribution in [2.45, 2.75) is 6.08 Å². The lowest BCUT2D eigenvalue weighted by Crippen LogP contribution is -2.15. The predicted molar refractivity (Wildman–Crippen MR) is 30.1 cm³/mol. The molecule has 0 aliphatic heterocycles. The number of carbonyl (C=O) groups is 1. The summed E-state index contributed by atoms with van der Waals surface area (Å²) in [7, 11) is -4.71. The van der Waals surface area contributed by atoms with Crippen molar-refractivity contribution in [3.05, 3.63) is 0 Å². The van der Waals surface area contributed by atoms with Gasteiger partial charge in [0.25, 0.3) is 0 Å². The van der Waals surface area contributed by atoms with Crippen LogP contribution < -0.4 is 0 Å². The Bertz CT molecular complexity index is 184. The Balaban J connectivity index is 3.89. The summed E-state index contributed by atoms with van der Waals surface area (Å²) in [6.07, 6.45) is -2.79. The number of aldehydes is 1. The second-order valence-electron chi connectivity index (χ2n) is 1.37. The highest BCUT2D eigenvalue weighted by Gasteiger charge is 2.15. The van der Waals surface area contributed by atoms with E-state index in [9.17, 15) is 9.36 Å². The van der Waals surface area contributed by atoms with Crippen molar-refractivity contribution in [1.82, 2.24) is 0 Å². The van der Waals surface area contributed by atoms with Gasteiger partial charge in [0, 0.05) is 0 Å². The lowest BCUT2D eigenvalue weighted by atomic mass is 10.4. The molecule has 0 aromatic heterocycles. The molecule has 0 saturated heterocycles. The number of hydrogen-bond acceptors (Lipinski definition) is 4. The van der Waals surface area contributed by atoms with Gasteiger partial charge in [0.05, 0.1) is 7.98 Å². The van der Waals surface area contributed by atoms with Crippen LogP contribution in [0.2, 0.25) is 0 Å². The van der Waals surface area contributed by atoms with Crippen LogP contribution in [-0.4, -0.2) is 33.9 Å². The van der Waals surface area contributed by atoms with E-state index in [1.807, 2.05) is 0 Å². The molecule has 0 spiro atoms. The van der Waals surface area contributed by atoms with E-state index in [1.54, 1.807) is 0 Å². The molecule has 0 rings (SSSR count). The highest BCUT2D eigenvalue weighted by Crippen LogP contribution is 2.35. The molecule has 0 aromatic rings. The third-order valence-corrected chi connectivity index (χ3v) is 0.982. The third kappa shape index (κ3) is 5.87. The Morgan fingerprint density at radius 1 is 1.80 bits per heavy atom. The first kappa shape index (κ1) is 7.84. The van der Waals surface area contributed by atoms with Crippen LogP contribution in [-0.2, 0) is 13.9 Å². The molecule has 0 saturated carbocycles. The molecule has 7 heteroatoms. The summed E-state index contributed by atoms with van der Waals surface area (Å²) in [4.78, 5) is 25.9. The molecule has 10 heavy (non-hydrogen) atoms. The molecule has 0 bridgehead atoms. The summed E-state index contributed by atoms with van der Waals surface area (Å²) < 4.78 is 20.2. The number of hydrogen-bond donors (Lipinski definition) is 3. The molecule has 0 radical (unpaired) electrons. The van der Waals surface area contributed by atoms with Crippen LogP contribution in [0.25, 0.3) is 0 Å². The minimum Gasteiger partial charge on any atom is -0.383 e. The number of rotatable bonds is 4. The Labute approximate surface area is 58.1 Å². The molecular weight excluding hydrogens is 163 g/mol. The van der Waals surface area contributed by atoms with E-state index < -0.39 is 20.5 Å². The van der Waals surface area contributed by atoms with Gasteiger partial charge in [0.2, 0.25) is 0 Å². The maximum Gasteiger partial charge on any atom is 0.469 e. The van der Waals surface area contributed by atoms with Gasteiger partial charge < -0.3 is 19.7 Å². The lowest BCUT2D eigenvalue weighted by molar-refractivity contribution is -0.116. The zero-order valence-electron chi connectivity index (χ0n) is 5.80. The molecular formula is C3H7O6P. The van der Waals surface area contributed by atoms with E-state index >= 15 is 0 Å². The monoisotopic (exact) mass is 172 g/mol. The van der Waals surface area contributed by atoms with Crippen LogP contribution in [0.4, 0.5) is 0 Å². The van der Waals surface area contributed by atoms with Gasteiger partial charge in [-0.1, -0.05) is 0 Å². The molecule has 60 valence electrons. The van der Waals surface area contributed by atoms with Gasteiger partial charge in [0.15, 0.2) is 6.29 Å². The average Bonchev–Trinajstić information content (AvgIpc) is 1.83. The van der Waals surface area contributed by atoms with Crippen molar-refractivity contribution in [3.8, 4) is 0 Å². The quantitative estimate of drug-likeness (QED) is 0.358. The summed E-state index contributed by atoms with van der Waals surface area (Å²) in [5, 5.41) is 8.52. The topological polar surface area (TPSA) is 104 Å². The van der Waals surface area contributed by atoms with Crippen LogP contribution in [0.15, 0.2) is 0 Å². The summed E-state index contributed by atoms with van der Waals surface area (Å²) in [5.74, 6) is 0. The second-order valence-corrected chi connectivity index (χ2v) is 2.61. The van der Waals surface area contributed by atoms with Crippen LogP contribution in [0.3, 0.4) is 0 Å². The van der Waals surface area contributed by atoms with Crippen LogP contribution >= 0.6 is 7.82 Å². The molecule has 3 N–H and O–H groups in total. The minimum atomic E-state index is -4.71. The number of carbonyl (C=O) groups excluding carboxylic acids is 1. The van der Waals surface area contributed by atoms with E-state index in [0.717, 1.165) is 0 Å². The van der Waals surface area contributed by atoms with Gasteiger partial charge in [0.1, 0.15) is 6.08 Å². The standard InChI is InChI=1S/C3H7O6P/c4-1-3(5)2-9-10(6,7)8/h1,3,5H,2H2,(H2,6,7,8)/i3T. The van der Waals surface area contributed by atoms with Gasteiger partial charge in [-0.25, -0.2) is 4.57 Å². The molecule has 0 amide bonds. The Morgan fingerprint density at radius 2 is 2.30 bits per heavy atom. The van der Waals surface area contributed by atoms with Crippen molar-refractivity contribution < 1.29 is 30.1 Å². The molecule has 1 unspecified atom stereocenters. The molecule has 1 atom stereocenters. The van der Waals surface area contributed by atoms with Gasteiger partial charge in [-0.2, -0.15) is 0 Å². The molecule has 6 nitrogen and oxygen atoms in total. The third-order valence-electron chi connectivity index (χ3n) is 0.517. The first-order valence-corrected chi connectivity index (χ1v) is 3.69. The van der Waals surface area contributed by atoms with E-state index in [0.29, 0.717) is 0 Å². The zero-order chi connectivity index (χ0) is 9.12. The van der Waals surface area contributed by atoms with Crippen molar-refractivity contribution >= 4 is 14.1 Å². The Morgan fingerprint density at radius 3 is 2.60 bits per heavy atom. The van der Waals surface area contributed by atoms with E-state index in [4.69, 9.17) is 16.3 Å². The summed E-state index contributed by atoms with van der Waals surface area (Å²) in [6.45, 7) is -1.05. The maximum absolute atomic E-state index is 9.96. The molecule has 0 fully saturated rings. The van der Waals surface area contributed by atoms with E-state index in [2.05, 4.69) is 4.52 Å². The summed E-state index contributed by atoms with van der Waals surface area (Å²) in [5.41, 5.74) is 0. The summed E-state index contributed by atoms with van der Waals surface area (Å²) >= 11 is 0. The Kier molecular flexibility index (Phi) is 2.98. The maximum atomic E-state index is 9.96. The fourth-order valence-electron chi connectivity index (χ4n) is 0.184. The number of aliphatic hydroxyl groups is 1. The molecule has 0 aromatic carbocycles. The largest absolute Gasteiger partial charge is 0.469 e. The van der Waals surface area contributed by atoms with Crippen molar-refractivity contribution in [1.29, 1.82) is 0 Å². The van der Waals surface area contributed by atoms with Gasteiger partial charge >= 0.3 is 7.82 Å². The highest BCUT2D eigenvalue weighted by molar-refractivity contribution is 7.46. The van der Waals surface area contributed by atoms with Crippen LogP contribution in [0, 0.1) is 0 Å². The zero-order valence-corrected chi connectivity index (χ0v) is 5.69. The van der Waals surface area contributed by atoms with E-state index in [-0.39, 0.29) is 6.29 Å². The second kappa shape index (κ2) is 3.80. The van der Waals surface area contributed by atoms with Gasteiger partial charge in [-0.3, -0.25) is 4.52 Å². The van der Waals surface area contributed by atoms with E-state index in [1.165, 1.54) is 0 Å². The minimum absolute atomic E-state index is 0.192. The fourth-order valence-corrected chi connectivity index (χ4v) is 0.485. The average molecular weight is 172 g/mol. The van der Waals surface area contributed by atoms with Crippen molar-refractivity contribution in [2.75, 3.05) is 6.61 Å². The van der Waals surface area contributed by atoms with Crippen molar-refractivity contribution in [3.63, 3.8) is 0 Å². The first-order chi connectivity index (χ1) is 4.77. The van der Waals surface area contributed by atoms with Gasteiger partial charge in [-0.15, -0.1) is 0 Å². The Hall–Kier alpha value is -0.260. The number of phosphoric acid groups is 1. The van der Waals surface area contributed by atoms with Gasteiger partial charge in [-0.05, 0) is 0 Å². The normalized spacial score (nSPS) is 19.3. The fraction of sp³-hybridized carbons (Fsp3) is 0.667. The molecule has 0 heterocycles. The predicted octanol–water partition coefficient (Wildman–Crippen LogP) is -1.34. The highest BCUT2D eigenvalue weighted by atomic mass is 31.2. The van der Waals surface area contributed by atoms with Crippen LogP contribution in [0.5, 0.6) is 0 Å². The van der Waals surface area contributed by atoms with Crippen molar-refractivity contribution in [2.24, 2.45) is 0 Å². The number of phosphoric ester groups is 1. The molecule has 0 aliphatic rings. The smallest absolute Gasteiger partial charge is 0.383 e. The lowest BCUT2D eigenvalue weighted by Gasteiger charge is -2.04.